The van der Waals surface area contributed by atoms with Gasteiger partial charge in [0.25, 0.3) is 0 Å². The van der Waals surface area contributed by atoms with Gasteiger partial charge in [-0.15, -0.1) is 0 Å². The van der Waals surface area contributed by atoms with Crippen LogP contribution >= 0.6 is 0 Å². The summed E-state index contributed by atoms with van der Waals surface area (Å²) in [4.78, 5) is 16.4. The Kier molecular flexibility index (Phi) is 5.37. The highest BCUT2D eigenvalue weighted by molar-refractivity contribution is 5.78. The molecular weight excluding hydrogens is 264 g/mol. The lowest BCUT2D eigenvalue weighted by Gasteiger charge is -2.36. The second kappa shape index (κ2) is 7.05. The molecule has 1 aromatic carbocycles. The summed E-state index contributed by atoms with van der Waals surface area (Å²) in [6, 6.07) is 8.31. The summed E-state index contributed by atoms with van der Waals surface area (Å²) in [5.74, 6) is 0.188. The van der Waals surface area contributed by atoms with E-state index in [-0.39, 0.29) is 18.1 Å². The summed E-state index contributed by atoms with van der Waals surface area (Å²) >= 11 is 0. The molecule has 1 heterocycles. The van der Waals surface area contributed by atoms with Crippen LogP contribution in [0.4, 0.5) is 0 Å². The van der Waals surface area contributed by atoms with Crippen LogP contribution in [-0.4, -0.2) is 54.6 Å². The van der Waals surface area contributed by atoms with Crippen molar-refractivity contribution in [1.82, 2.24) is 9.80 Å². The normalized spacial score (nSPS) is 22.6. The number of hydrogen-bond donors (Lipinski definition) is 0. The molecule has 0 aromatic heterocycles. The molecule has 0 N–H and O–H groups in total. The summed E-state index contributed by atoms with van der Waals surface area (Å²) in [6.45, 7) is 8.79. The number of likely N-dealkylation sites (N-methyl/N-ethyl adjacent to an activating group) is 1. The van der Waals surface area contributed by atoms with Crippen LogP contribution in [0.2, 0.25) is 0 Å². The fourth-order valence-electron chi connectivity index (χ4n) is 2.85. The largest absolute Gasteiger partial charge is 0.372 e. The van der Waals surface area contributed by atoms with Crippen molar-refractivity contribution >= 4 is 5.91 Å². The van der Waals surface area contributed by atoms with Crippen molar-refractivity contribution in [2.75, 3.05) is 26.7 Å². The van der Waals surface area contributed by atoms with Crippen molar-refractivity contribution in [1.29, 1.82) is 0 Å². The molecule has 1 saturated heterocycles. The Morgan fingerprint density at radius 3 is 2.52 bits per heavy atom. The van der Waals surface area contributed by atoms with Crippen LogP contribution in [0.3, 0.4) is 0 Å². The van der Waals surface area contributed by atoms with E-state index in [0.29, 0.717) is 19.6 Å². The number of amides is 1. The molecule has 2 atom stereocenters. The van der Waals surface area contributed by atoms with Crippen LogP contribution in [0.15, 0.2) is 24.3 Å². The lowest BCUT2D eigenvalue weighted by Crippen LogP contribution is -2.50. The molecule has 0 aliphatic carbocycles. The minimum absolute atomic E-state index is 0.124. The maximum atomic E-state index is 12.4. The van der Waals surface area contributed by atoms with Gasteiger partial charge in [-0.2, -0.15) is 0 Å². The van der Waals surface area contributed by atoms with Gasteiger partial charge in [-0.25, -0.2) is 0 Å². The Hall–Kier alpha value is -1.39. The van der Waals surface area contributed by atoms with E-state index in [1.165, 1.54) is 11.1 Å². The first-order valence-electron chi connectivity index (χ1n) is 7.62. The van der Waals surface area contributed by atoms with Crippen molar-refractivity contribution < 1.29 is 9.53 Å². The molecule has 2 rings (SSSR count). The molecule has 1 aromatic rings. The van der Waals surface area contributed by atoms with Gasteiger partial charge in [0.05, 0.1) is 18.8 Å². The first-order valence-corrected chi connectivity index (χ1v) is 7.62. The summed E-state index contributed by atoms with van der Waals surface area (Å²) in [6.07, 6.45) is 0.249. The van der Waals surface area contributed by atoms with E-state index in [0.717, 1.165) is 6.54 Å². The fourth-order valence-corrected chi connectivity index (χ4v) is 2.85. The van der Waals surface area contributed by atoms with Crippen LogP contribution in [0.25, 0.3) is 0 Å². The molecule has 2 unspecified atom stereocenters. The first-order chi connectivity index (χ1) is 9.95. The standard InChI is InChI=1S/C17H26N2O2/c1-13-7-5-6-8-16(13)11-18(4)12-17(20)19-9-14(2)21-15(3)10-19/h5-8,14-15H,9-12H2,1-4H3. The average molecular weight is 290 g/mol. The Labute approximate surface area is 127 Å². The van der Waals surface area contributed by atoms with Crippen LogP contribution < -0.4 is 0 Å². The van der Waals surface area contributed by atoms with Crippen molar-refractivity contribution in [2.24, 2.45) is 0 Å². The summed E-state index contributed by atoms with van der Waals surface area (Å²) in [5.41, 5.74) is 2.54. The number of morpholine rings is 1. The lowest BCUT2D eigenvalue weighted by molar-refractivity contribution is -0.144. The SMILES string of the molecule is Cc1ccccc1CN(C)CC(=O)N1CC(C)OC(C)C1. The van der Waals surface area contributed by atoms with Gasteiger partial charge in [-0.1, -0.05) is 24.3 Å². The van der Waals surface area contributed by atoms with E-state index in [4.69, 9.17) is 4.74 Å². The second-order valence-corrected chi connectivity index (χ2v) is 6.15. The molecule has 0 spiro atoms. The van der Waals surface area contributed by atoms with Gasteiger partial charge < -0.3 is 9.64 Å². The minimum atomic E-state index is 0.124. The molecule has 4 nitrogen and oxygen atoms in total. The number of benzene rings is 1. The molecule has 0 bridgehead atoms. The molecule has 21 heavy (non-hydrogen) atoms. The zero-order chi connectivity index (χ0) is 15.4. The van der Waals surface area contributed by atoms with Gasteiger partial charge in [0.2, 0.25) is 5.91 Å². The van der Waals surface area contributed by atoms with Gasteiger partial charge in [0, 0.05) is 19.6 Å². The third-order valence-corrected chi connectivity index (χ3v) is 3.88. The zero-order valence-corrected chi connectivity index (χ0v) is 13.5. The summed E-state index contributed by atoms with van der Waals surface area (Å²) in [7, 11) is 2.00. The van der Waals surface area contributed by atoms with Crippen LogP contribution in [0, 0.1) is 6.92 Å². The fraction of sp³-hybridized carbons (Fsp3) is 0.588. The predicted octanol–water partition coefficient (Wildman–Crippen LogP) is 2.06. The van der Waals surface area contributed by atoms with E-state index >= 15 is 0 Å². The third kappa shape index (κ3) is 4.55. The number of carbonyl (C=O) groups is 1. The highest BCUT2D eigenvalue weighted by Crippen LogP contribution is 2.12. The number of carbonyl (C=O) groups excluding carboxylic acids is 1. The Morgan fingerprint density at radius 2 is 1.90 bits per heavy atom. The second-order valence-electron chi connectivity index (χ2n) is 6.15. The third-order valence-electron chi connectivity index (χ3n) is 3.88. The minimum Gasteiger partial charge on any atom is -0.372 e. The molecule has 1 aliphatic heterocycles. The summed E-state index contributed by atoms with van der Waals surface area (Å²) < 4.78 is 5.68. The average Bonchev–Trinajstić information content (AvgIpc) is 2.40. The smallest absolute Gasteiger partial charge is 0.236 e. The van der Waals surface area contributed by atoms with Crippen LogP contribution in [0.5, 0.6) is 0 Å². The van der Waals surface area contributed by atoms with E-state index in [9.17, 15) is 4.79 Å². The quantitative estimate of drug-likeness (QED) is 0.851. The maximum absolute atomic E-state index is 12.4. The van der Waals surface area contributed by atoms with Gasteiger partial charge >= 0.3 is 0 Å². The summed E-state index contributed by atoms with van der Waals surface area (Å²) in [5, 5.41) is 0. The number of rotatable bonds is 4. The molecule has 1 aliphatic rings. The molecule has 1 fully saturated rings. The molecule has 1 amide bonds. The topological polar surface area (TPSA) is 32.8 Å². The van der Waals surface area contributed by atoms with Crippen molar-refractivity contribution in [2.45, 2.75) is 39.5 Å². The molecular formula is C17H26N2O2. The van der Waals surface area contributed by atoms with Gasteiger partial charge in [0.15, 0.2) is 0 Å². The van der Waals surface area contributed by atoms with Crippen LogP contribution in [-0.2, 0) is 16.1 Å². The lowest BCUT2D eigenvalue weighted by atomic mass is 10.1. The molecule has 116 valence electrons. The number of nitrogens with zero attached hydrogens (tertiary/aromatic N) is 2. The molecule has 4 heteroatoms. The highest BCUT2D eigenvalue weighted by Gasteiger charge is 2.26. The van der Waals surface area contributed by atoms with Crippen molar-refractivity contribution in [3.8, 4) is 0 Å². The van der Waals surface area contributed by atoms with E-state index < -0.39 is 0 Å². The maximum Gasteiger partial charge on any atom is 0.236 e. The zero-order valence-electron chi connectivity index (χ0n) is 13.5. The molecule has 0 saturated carbocycles. The molecule has 0 radical (unpaired) electrons. The Morgan fingerprint density at radius 1 is 1.29 bits per heavy atom. The monoisotopic (exact) mass is 290 g/mol. The number of ether oxygens (including phenoxy) is 1. The Bertz CT molecular complexity index is 479. The van der Waals surface area contributed by atoms with E-state index in [1.807, 2.05) is 37.9 Å². The van der Waals surface area contributed by atoms with E-state index in [1.54, 1.807) is 0 Å². The number of hydrogen-bond acceptors (Lipinski definition) is 3. The van der Waals surface area contributed by atoms with Crippen LogP contribution in [0.1, 0.15) is 25.0 Å². The van der Waals surface area contributed by atoms with E-state index in [2.05, 4.69) is 24.0 Å². The van der Waals surface area contributed by atoms with Gasteiger partial charge in [-0.05, 0) is 38.9 Å². The Balaban J connectivity index is 1.89. The predicted molar refractivity (Wildman–Crippen MR) is 84.1 cm³/mol. The number of aryl methyl sites for hydroxylation is 1. The highest BCUT2D eigenvalue weighted by atomic mass is 16.5. The van der Waals surface area contributed by atoms with Crippen molar-refractivity contribution in [3.05, 3.63) is 35.4 Å². The van der Waals surface area contributed by atoms with Crippen molar-refractivity contribution in [3.63, 3.8) is 0 Å². The first kappa shape index (κ1) is 16.0. The van der Waals surface area contributed by atoms with Gasteiger partial charge in [0.1, 0.15) is 0 Å². The van der Waals surface area contributed by atoms with Gasteiger partial charge in [-0.3, -0.25) is 9.69 Å².